The molecule has 0 radical (unpaired) electrons. The molecule has 4 rings (SSSR count). The second-order valence-corrected chi connectivity index (χ2v) is 8.40. The van der Waals surface area contributed by atoms with Gasteiger partial charge in [0.2, 0.25) is 5.91 Å². The topological polar surface area (TPSA) is 41.4 Å². The molecule has 1 saturated heterocycles. The summed E-state index contributed by atoms with van der Waals surface area (Å²) in [4.78, 5) is 21.0. The van der Waals surface area contributed by atoms with Gasteiger partial charge in [0.15, 0.2) is 5.16 Å². The minimum Gasteiger partial charge on any atom is -0.366 e. The maximum absolute atomic E-state index is 14.0. The van der Waals surface area contributed by atoms with E-state index in [1.807, 2.05) is 26.6 Å². The maximum Gasteiger partial charge on any atom is 0.233 e. The van der Waals surface area contributed by atoms with Crippen LogP contribution in [0.25, 0.3) is 5.69 Å². The summed E-state index contributed by atoms with van der Waals surface area (Å²) in [6.07, 6.45) is 3.68. The smallest absolute Gasteiger partial charge is 0.233 e. The van der Waals surface area contributed by atoms with Gasteiger partial charge >= 0.3 is 0 Å². The van der Waals surface area contributed by atoms with Crippen LogP contribution in [-0.2, 0) is 4.79 Å². The first-order chi connectivity index (χ1) is 14.5. The number of nitrogens with zero attached hydrogens (tertiary/aromatic N) is 4. The third kappa shape index (κ3) is 4.36. The average Bonchev–Trinajstić information content (AvgIpc) is 3.23. The predicted molar refractivity (Wildman–Crippen MR) is 119 cm³/mol. The van der Waals surface area contributed by atoms with Crippen LogP contribution in [0.1, 0.15) is 11.1 Å². The third-order valence-corrected chi connectivity index (χ3v) is 6.48. The van der Waals surface area contributed by atoms with Crippen LogP contribution in [0.4, 0.5) is 10.1 Å². The van der Waals surface area contributed by atoms with Crippen LogP contribution in [0.15, 0.2) is 60.0 Å². The van der Waals surface area contributed by atoms with Gasteiger partial charge in [-0.25, -0.2) is 9.37 Å². The lowest BCUT2D eigenvalue weighted by Crippen LogP contribution is -2.49. The zero-order chi connectivity index (χ0) is 21.1. The third-order valence-electron chi connectivity index (χ3n) is 5.53. The molecule has 5 nitrogen and oxygen atoms in total. The van der Waals surface area contributed by atoms with Gasteiger partial charge in [0.1, 0.15) is 5.82 Å². The Kier molecular flexibility index (Phi) is 6.08. The molecule has 1 fully saturated rings. The molecule has 0 atom stereocenters. The summed E-state index contributed by atoms with van der Waals surface area (Å²) in [5.41, 5.74) is 4.12. The number of piperazine rings is 1. The maximum atomic E-state index is 14.0. The van der Waals surface area contributed by atoms with Gasteiger partial charge < -0.3 is 9.80 Å². The number of aryl methyl sites for hydroxylation is 2. The number of para-hydroxylation sites is 1. The lowest BCUT2D eigenvalue weighted by Gasteiger charge is -2.36. The summed E-state index contributed by atoms with van der Waals surface area (Å²) < 4.78 is 16.0. The van der Waals surface area contributed by atoms with Crippen LogP contribution in [-0.4, -0.2) is 52.3 Å². The van der Waals surface area contributed by atoms with Gasteiger partial charge in [-0.15, -0.1) is 0 Å². The number of carbonyl (C=O) groups excluding carboxylic acids is 1. The van der Waals surface area contributed by atoms with Crippen LogP contribution < -0.4 is 4.90 Å². The number of anilines is 1. The Balaban J connectivity index is 1.35. The van der Waals surface area contributed by atoms with E-state index >= 15 is 0 Å². The molecule has 30 heavy (non-hydrogen) atoms. The zero-order valence-corrected chi connectivity index (χ0v) is 18.0. The Morgan fingerprint density at radius 1 is 1.07 bits per heavy atom. The van der Waals surface area contributed by atoms with E-state index in [-0.39, 0.29) is 11.7 Å². The second kappa shape index (κ2) is 8.92. The van der Waals surface area contributed by atoms with Crippen molar-refractivity contribution in [3.63, 3.8) is 0 Å². The summed E-state index contributed by atoms with van der Waals surface area (Å²) >= 11 is 1.45. The molecule has 1 aliphatic heterocycles. The molecule has 0 bridgehead atoms. The number of halogens is 1. The van der Waals surface area contributed by atoms with Crippen molar-refractivity contribution in [1.82, 2.24) is 14.5 Å². The van der Waals surface area contributed by atoms with Crippen molar-refractivity contribution in [2.75, 3.05) is 36.8 Å². The van der Waals surface area contributed by atoms with Gasteiger partial charge in [0, 0.05) is 44.3 Å². The molecule has 2 heterocycles. The Bertz CT molecular complexity index is 1040. The Morgan fingerprint density at radius 2 is 1.83 bits per heavy atom. The average molecular weight is 425 g/mol. The van der Waals surface area contributed by atoms with Gasteiger partial charge in [0.25, 0.3) is 0 Å². The fourth-order valence-electron chi connectivity index (χ4n) is 3.59. The first-order valence-corrected chi connectivity index (χ1v) is 11.0. The van der Waals surface area contributed by atoms with Gasteiger partial charge in [0.05, 0.1) is 11.4 Å². The fraction of sp³-hybridized carbons (Fsp3) is 0.304. The van der Waals surface area contributed by atoms with Gasteiger partial charge in [-0.1, -0.05) is 30.0 Å². The minimum atomic E-state index is -0.217. The van der Waals surface area contributed by atoms with E-state index in [0.29, 0.717) is 37.6 Å². The van der Waals surface area contributed by atoms with Crippen molar-refractivity contribution in [3.05, 3.63) is 71.8 Å². The number of imidazole rings is 1. The first kappa shape index (κ1) is 20.5. The van der Waals surface area contributed by atoms with Crippen molar-refractivity contribution in [2.24, 2.45) is 0 Å². The van der Waals surface area contributed by atoms with Gasteiger partial charge in [-0.3, -0.25) is 9.36 Å². The normalized spacial score (nSPS) is 14.2. The van der Waals surface area contributed by atoms with Crippen molar-refractivity contribution in [3.8, 4) is 5.69 Å². The molecule has 1 aliphatic rings. The Hall–Kier alpha value is -2.80. The van der Waals surface area contributed by atoms with Gasteiger partial charge in [-0.05, 0) is 49.2 Å². The Labute approximate surface area is 180 Å². The predicted octanol–water partition coefficient (Wildman–Crippen LogP) is 4.07. The first-order valence-electron chi connectivity index (χ1n) is 10.0. The lowest BCUT2D eigenvalue weighted by molar-refractivity contribution is -0.128. The van der Waals surface area contributed by atoms with Crippen LogP contribution in [0.3, 0.4) is 0 Å². The number of rotatable bonds is 5. The molecule has 0 N–H and O–H groups in total. The van der Waals surface area contributed by atoms with Crippen LogP contribution in [0, 0.1) is 19.7 Å². The van der Waals surface area contributed by atoms with E-state index in [2.05, 4.69) is 37.0 Å². The number of hydrogen-bond donors (Lipinski definition) is 0. The molecule has 0 spiro atoms. The van der Waals surface area contributed by atoms with E-state index in [1.165, 1.54) is 29.0 Å². The van der Waals surface area contributed by atoms with Gasteiger partial charge in [-0.2, -0.15) is 0 Å². The molecular weight excluding hydrogens is 399 g/mol. The summed E-state index contributed by atoms with van der Waals surface area (Å²) in [6.45, 7) is 6.64. The van der Waals surface area contributed by atoms with Crippen LogP contribution in [0.5, 0.6) is 0 Å². The number of aromatic nitrogens is 2. The summed E-state index contributed by atoms with van der Waals surface area (Å²) in [7, 11) is 0. The molecule has 7 heteroatoms. The zero-order valence-electron chi connectivity index (χ0n) is 17.2. The minimum absolute atomic E-state index is 0.0859. The van der Waals surface area contributed by atoms with E-state index in [4.69, 9.17) is 0 Å². The number of benzene rings is 2. The number of hydrogen-bond acceptors (Lipinski definition) is 4. The molecule has 1 aromatic heterocycles. The number of thioether (sulfide) groups is 1. The monoisotopic (exact) mass is 424 g/mol. The molecule has 0 saturated carbocycles. The van der Waals surface area contributed by atoms with Crippen LogP contribution >= 0.6 is 11.8 Å². The fourth-order valence-corrected chi connectivity index (χ4v) is 4.47. The van der Waals surface area contributed by atoms with E-state index < -0.39 is 0 Å². The lowest BCUT2D eigenvalue weighted by atomic mass is 10.1. The van der Waals surface area contributed by atoms with E-state index in [9.17, 15) is 9.18 Å². The highest BCUT2D eigenvalue weighted by Gasteiger charge is 2.23. The number of amides is 1. The molecule has 0 aliphatic carbocycles. The van der Waals surface area contributed by atoms with E-state index in [0.717, 1.165) is 10.8 Å². The summed E-state index contributed by atoms with van der Waals surface area (Å²) in [6, 6.07) is 13.1. The van der Waals surface area contributed by atoms with Crippen molar-refractivity contribution >= 4 is 23.4 Å². The highest BCUT2D eigenvalue weighted by Crippen LogP contribution is 2.24. The highest BCUT2D eigenvalue weighted by molar-refractivity contribution is 7.99. The molecular formula is C23H25FN4OS. The molecule has 3 aromatic rings. The quantitative estimate of drug-likeness (QED) is 0.579. The Morgan fingerprint density at radius 3 is 2.57 bits per heavy atom. The SMILES string of the molecule is Cc1ccc(-n2ccnc2SCC(=O)N2CCN(c3ccccc3F)CC2)cc1C. The summed E-state index contributed by atoms with van der Waals surface area (Å²) in [5.74, 6) is 0.204. The van der Waals surface area contributed by atoms with E-state index in [1.54, 1.807) is 18.3 Å². The molecule has 2 aromatic carbocycles. The van der Waals surface area contributed by atoms with Crippen molar-refractivity contribution < 1.29 is 9.18 Å². The summed E-state index contributed by atoms with van der Waals surface area (Å²) in [5, 5.41) is 0.802. The second-order valence-electron chi connectivity index (χ2n) is 7.46. The molecule has 156 valence electrons. The molecule has 1 amide bonds. The molecule has 0 unspecified atom stereocenters. The van der Waals surface area contributed by atoms with Crippen molar-refractivity contribution in [2.45, 2.75) is 19.0 Å². The van der Waals surface area contributed by atoms with Crippen molar-refractivity contribution in [1.29, 1.82) is 0 Å². The largest absolute Gasteiger partial charge is 0.366 e. The number of carbonyl (C=O) groups is 1. The standard InChI is InChI=1S/C23H25FN4OS/c1-17-7-8-19(15-18(17)2)28-10-9-25-23(28)30-16-22(29)27-13-11-26(12-14-27)21-6-4-3-5-20(21)24/h3-10,15H,11-14,16H2,1-2H3. The van der Waals surface area contributed by atoms with Crippen LogP contribution in [0.2, 0.25) is 0 Å². The highest BCUT2D eigenvalue weighted by atomic mass is 32.2.